The van der Waals surface area contributed by atoms with Crippen LogP contribution in [0.5, 0.6) is 0 Å². The standard InChI is InChI=1S/C13H12ClFO2/c14-12-3-1-2-10(13(12)15)7-11(16)6-9-4-5-17-8-9/h1-5,8,11,16H,6-7H2. The van der Waals surface area contributed by atoms with E-state index in [-0.39, 0.29) is 11.4 Å². The molecule has 1 aromatic heterocycles. The van der Waals surface area contributed by atoms with Gasteiger partial charge in [0.05, 0.1) is 23.7 Å². The van der Waals surface area contributed by atoms with Crippen LogP contribution in [-0.2, 0) is 12.8 Å². The topological polar surface area (TPSA) is 33.4 Å². The second kappa shape index (κ2) is 5.34. The lowest BCUT2D eigenvalue weighted by molar-refractivity contribution is 0.174. The second-order valence-electron chi connectivity index (χ2n) is 3.91. The van der Waals surface area contributed by atoms with Gasteiger partial charge in [-0.25, -0.2) is 4.39 Å². The van der Waals surface area contributed by atoms with Gasteiger partial charge in [-0.1, -0.05) is 23.7 Å². The molecule has 2 nitrogen and oxygen atoms in total. The van der Waals surface area contributed by atoms with Crippen LogP contribution in [0, 0.1) is 5.82 Å². The van der Waals surface area contributed by atoms with Crippen molar-refractivity contribution in [2.45, 2.75) is 18.9 Å². The summed E-state index contributed by atoms with van der Waals surface area (Å²) in [6, 6.07) is 6.56. The molecule has 17 heavy (non-hydrogen) atoms. The summed E-state index contributed by atoms with van der Waals surface area (Å²) in [5, 5.41) is 9.92. The summed E-state index contributed by atoms with van der Waals surface area (Å²) in [5.74, 6) is -0.458. The van der Waals surface area contributed by atoms with E-state index in [1.54, 1.807) is 30.7 Å². The fourth-order valence-electron chi connectivity index (χ4n) is 1.71. The van der Waals surface area contributed by atoms with E-state index < -0.39 is 11.9 Å². The van der Waals surface area contributed by atoms with Crippen LogP contribution in [0.4, 0.5) is 4.39 Å². The maximum absolute atomic E-state index is 13.6. The fraction of sp³-hybridized carbons (Fsp3) is 0.231. The van der Waals surface area contributed by atoms with Gasteiger partial charge in [0, 0.05) is 12.8 Å². The molecule has 1 atom stereocenters. The summed E-state index contributed by atoms with van der Waals surface area (Å²) in [5.41, 5.74) is 1.31. The smallest absolute Gasteiger partial charge is 0.145 e. The first-order valence-electron chi connectivity index (χ1n) is 5.29. The van der Waals surface area contributed by atoms with E-state index in [2.05, 4.69) is 0 Å². The van der Waals surface area contributed by atoms with Crippen molar-refractivity contribution in [3.05, 3.63) is 58.8 Å². The molecule has 0 saturated heterocycles. The minimum atomic E-state index is -0.652. The lowest BCUT2D eigenvalue weighted by Crippen LogP contribution is -2.14. The highest BCUT2D eigenvalue weighted by molar-refractivity contribution is 6.30. The van der Waals surface area contributed by atoms with Gasteiger partial charge in [-0.05, 0) is 23.3 Å². The molecule has 0 aliphatic heterocycles. The number of benzene rings is 1. The molecule has 0 saturated carbocycles. The summed E-state index contributed by atoms with van der Waals surface area (Å²) in [6.07, 6.45) is 3.13. The zero-order valence-electron chi connectivity index (χ0n) is 9.07. The zero-order valence-corrected chi connectivity index (χ0v) is 9.82. The average molecular weight is 255 g/mol. The summed E-state index contributed by atoms with van der Waals surface area (Å²) < 4.78 is 18.5. The minimum absolute atomic E-state index is 0.0815. The maximum Gasteiger partial charge on any atom is 0.145 e. The normalized spacial score (nSPS) is 12.6. The van der Waals surface area contributed by atoms with Crippen molar-refractivity contribution in [3.63, 3.8) is 0 Å². The highest BCUT2D eigenvalue weighted by atomic mass is 35.5. The van der Waals surface area contributed by atoms with Crippen molar-refractivity contribution in [1.29, 1.82) is 0 Å². The van der Waals surface area contributed by atoms with Crippen molar-refractivity contribution in [1.82, 2.24) is 0 Å². The summed E-state index contributed by atoms with van der Waals surface area (Å²) in [4.78, 5) is 0. The van der Waals surface area contributed by atoms with Gasteiger partial charge in [0.1, 0.15) is 5.82 Å². The summed E-state index contributed by atoms with van der Waals surface area (Å²) >= 11 is 5.67. The third-order valence-corrected chi connectivity index (χ3v) is 2.83. The van der Waals surface area contributed by atoms with Crippen molar-refractivity contribution in [3.8, 4) is 0 Å². The Labute approximate surface area is 104 Å². The van der Waals surface area contributed by atoms with E-state index >= 15 is 0 Å². The lowest BCUT2D eigenvalue weighted by atomic mass is 10.0. The van der Waals surface area contributed by atoms with Crippen LogP contribution in [0.3, 0.4) is 0 Å². The van der Waals surface area contributed by atoms with Crippen LogP contribution >= 0.6 is 11.6 Å². The summed E-state index contributed by atoms with van der Waals surface area (Å²) in [6.45, 7) is 0. The van der Waals surface area contributed by atoms with Gasteiger partial charge in [0.15, 0.2) is 0 Å². The molecule has 1 heterocycles. The van der Waals surface area contributed by atoms with Gasteiger partial charge in [-0.2, -0.15) is 0 Å². The predicted octanol–water partition coefficient (Wildman–Crippen LogP) is 3.22. The molecule has 4 heteroatoms. The molecule has 0 amide bonds. The largest absolute Gasteiger partial charge is 0.472 e. The molecular weight excluding hydrogens is 243 g/mol. The Morgan fingerprint density at radius 2 is 2.12 bits per heavy atom. The number of halogens is 2. The molecule has 1 unspecified atom stereocenters. The Morgan fingerprint density at radius 1 is 1.29 bits per heavy atom. The molecule has 0 fully saturated rings. The van der Waals surface area contributed by atoms with Crippen LogP contribution in [0.2, 0.25) is 5.02 Å². The molecule has 90 valence electrons. The Morgan fingerprint density at radius 3 is 2.82 bits per heavy atom. The molecule has 2 aromatic rings. The lowest BCUT2D eigenvalue weighted by Gasteiger charge is -2.10. The van der Waals surface area contributed by atoms with E-state index in [1.165, 1.54) is 6.07 Å². The first kappa shape index (κ1) is 12.1. The average Bonchev–Trinajstić information content (AvgIpc) is 2.77. The van der Waals surface area contributed by atoms with E-state index in [9.17, 15) is 9.50 Å². The van der Waals surface area contributed by atoms with Gasteiger partial charge in [0.2, 0.25) is 0 Å². The third-order valence-electron chi connectivity index (χ3n) is 2.54. The quantitative estimate of drug-likeness (QED) is 0.909. The predicted molar refractivity (Wildman–Crippen MR) is 63.5 cm³/mol. The Bertz CT molecular complexity index is 482. The Hall–Kier alpha value is -1.32. The zero-order chi connectivity index (χ0) is 12.3. The van der Waals surface area contributed by atoms with Crippen molar-refractivity contribution in [2.75, 3.05) is 0 Å². The van der Waals surface area contributed by atoms with Gasteiger partial charge in [-0.15, -0.1) is 0 Å². The second-order valence-corrected chi connectivity index (χ2v) is 4.31. The van der Waals surface area contributed by atoms with Crippen molar-refractivity contribution < 1.29 is 13.9 Å². The highest BCUT2D eigenvalue weighted by Gasteiger charge is 2.12. The van der Waals surface area contributed by atoms with Crippen LogP contribution in [0.15, 0.2) is 41.2 Å². The highest BCUT2D eigenvalue weighted by Crippen LogP contribution is 2.19. The van der Waals surface area contributed by atoms with Crippen molar-refractivity contribution >= 4 is 11.6 Å². The minimum Gasteiger partial charge on any atom is -0.472 e. The van der Waals surface area contributed by atoms with E-state index in [1.807, 2.05) is 0 Å². The molecule has 0 spiro atoms. The SMILES string of the molecule is OC(Cc1ccoc1)Cc1cccc(Cl)c1F. The first-order chi connectivity index (χ1) is 8.16. The molecule has 2 rings (SSSR count). The maximum atomic E-state index is 13.6. The number of aliphatic hydroxyl groups is 1. The first-order valence-corrected chi connectivity index (χ1v) is 5.66. The summed E-state index contributed by atoms with van der Waals surface area (Å²) in [7, 11) is 0. The van der Waals surface area contributed by atoms with Crippen LogP contribution in [0.1, 0.15) is 11.1 Å². The number of furan rings is 1. The molecular formula is C13H12ClFO2. The van der Waals surface area contributed by atoms with Gasteiger partial charge < -0.3 is 9.52 Å². The molecule has 1 N–H and O–H groups in total. The van der Waals surface area contributed by atoms with E-state index in [4.69, 9.17) is 16.0 Å². The Balaban J connectivity index is 2.03. The number of aliphatic hydroxyl groups excluding tert-OH is 1. The molecule has 0 aliphatic carbocycles. The molecule has 1 aromatic carbocycles. The molecule has 0 bridgehead atoms. The van der Waals surface area contributed by atoms with Crippen molar-refractivity contribution in [2.24, 2.45) is 0 Å². The van der Waals surface area contributed by atoms with E-state index in [0.29, 0.717) is 12.0 Å². The fourth-order valence-corrected chi connectivity index (χ4v) is 1.91. The number of hydrogen-bond donors (Lipinski definition) is 1. The third kappa shape index (κ3) is 3.08. The van der Waals surface area contributed by atoms with Crippen LogP contribution < -0.4 is 0 Å². The molecule has 0 aliphatic rings. The monoisotopic (exact) mass is 254 g/mol. The van der Waals surface area contributed by atoms with Crippen LogP contribution in [-0.4, -0.2) is 11.2 Å². The van der Waals surface area contributed by atoms with Crippen LogP contribution in [0.25, 0.3) is 0 Å². The number of rotatable bonds is 4. The van der Waals surface area contributed by atoms with Gasteiger partial charge in [-0.3, -0.25) is 0 Å². The van der Waals surface area contributed by atoms with E-state index in [0.717, 1.165) is 5.56 Å². The number of hydrogen-bond acceptors (Lipinski definition) is 2. The van der Waals surface area contributed by atoms with Gasteiger partial charge in [0.25, 0.3) is 0 Å². The van der Waals surface area contributed by atoms with Gasteiger partial charge >= 0.3 is 0 Å². The Kier molecular flexibility index (Phi) is 3.82. The molecule has 0 radical (unpaired) electrons.